The van der Waals surface area contributed by atoms with Gasteiger partial charge in [0.05, 0.1) is 40.3 Å². The molecule has 0 bridgehead atoms. The number of nitrogens with zero attached hydrogens (tertiary/aromatic N) is 1. The standard InChI is InChI=1S/C88H155NO8/c1-6-8-10-12-14-16-18-20-22-24-26-28-30-32-34-36-38-39-40-41-42-43-44-45-46-47-49-50-52-54-56-58-60-62-64-66-68-70-72-74-76-78-85(90)95-82-84(83-96-88(87(92)93)94-81-80-89(3,4)5)97-86(91)79-77-75-73-71-69-67-65-63-61-59-57-55-53-51-48-37-35-33-31-29-27-25-23-21-19-17-15-13-11-9-7-2/h9,11,15,17,21,23-24,26-27,29,33,35,48,51,55,57,61,63,84,88H,6-8,10,12-14,16,18-20,22,25,28,30-32,34,36-47,49-50,52-54,56,58-60,62,64-83H2,1-5H3/b11-9-,17-15-,23-21-,26-24-,29-27-,35-33-,51-48-,57-55-,63-61-. The van der Waals surface area contributed by atoms with Crippen LogP contribution in [0.5, 0.6) is 0 Å². The van der Waals surface area contributed by atoms with Crippen molar-refractivity contribution < 1.29 is 42.9 Å². The molecule has 97 heavy (non-hydrogen) atoms. The fraction of sp³-hybridized carbons (Fsp3) is 0.761. The van der Waals surface area contributed by atoms with E-state index in [1.165, 1.54) is 231 Å². The molecule has 0 heterocycles. The molecule has 0 rings (SSSR count). The summed E-state index contributed by atoms with van der Waals surface area (Å²) in [6, 6.07) is 0. The molecule has 0 saturated carbocycles. The lowest BCUT2D eigenvalue weighted by molar-refractivity contribution is -0.870. The lowest BCUT2D eigenvalue weighted by atomic mass is 10.0. The van der Waals surface area contributed by atoms with Crippen LogP contribution in [0.2, 0.25) is 0 Å². The van der Waals surface area contributed by atoms with Crippen molar-refractivity contribution in [3.8, 4) is 0 Å². The minimum Gasteiger partial charge on any atom is -0.545 e. The number of likely N-dealkylation sites (N-methyl/N-ethyl adjacent to an activating group) is 1. The number of carbonyl (C=O) groups is 3. The van der Waals surface area contributed by atoms with Crippen molar-refractivity contribution in [2.24, 2.45) is 0 Å². The third kappa shape index (κ3) is 79.2. The zero-order valence-electron chi connectivity index (χ0n) is 64.2. The molecular weight excluding hydrogens is 1200 g/mol. The van der Waals surface area contributed by atoms with Gasteiger partial charge in [0.25, 0.3) is 0 Å². The third-order valence-corrected chi connectivity index (χ3v) is 18.0. The molecule has 0 N–H and O–H groups in total. The Morgan fingerprint density at radius 3 is 0.887 bits per heavy atom. The first-order chi connectivity index (χ1) is 47.6. The van der Waals surface area contributed by atoms with Crippen LogP contribution in [-0.2, 0) is 33.3 Å². The Balaban J connectivity index is 4.01. The summed E-state index contributed by atoms with van der Waals surface area (Å²) in [5.74, 6) is -2.29. The molecule has 2 atom stereocenters. The van der Waals surface area contributed by atoms with Crippen molar-refractivity contribution in [2.45, 2.75) is 386 Å². The van der Waals surface area contributed by atoms with Crippen molar-refractivity contribution in [1.29, 1.82) is 0 Å². The van der Waals surface area contributed by atoms with E-state index in [9.17, 15) is 19.5 Å². The molecule has 0 spiro atoms. The van der Waals surface area contributed by atoms with E-state index in [1.807, 2.05) is 21.1 Å². The summed E-state index contributed by atoms with van der Waals surface area (Å²) in [5, 5.41) is 11.9. The number of hydrogen-bond donors (Lipinski definition) is 0. The second kappa shape index (κ2) is 77.7. The number of carboxylic acid groups (broad SMARTS) is 1. The van der Waals surface area contributed by atoms with E-state index in [0.717, 1.165) is 109 Å². The van der Waals surface area contributed by atoms with Crippen LogP contribution in [0.25, 0.3) is 0 Å². The van der Waals surface area contributed by atoms with Gasteiger partial charge in [-0.15, -0.1) is 0 Å². The summed E-state index contributed by atoms with van der Waals surface area (Å²) in [4.78, 5) is 37.6. The molecule has 2 unspecified atom stereocenters. The number of esters is 2. The molecule has 0 amide bonds. The van der Waals surface area contributed by atoms with Crippen LogP contribution < -0.4 is 5.11 Å². The molecule has 0 aromatic rings. The smallest absolute Gasteiger partial charge is 0.306 e. The van der Waals surface area contributed by atoms with Gasteiger partial charge in [-0.1, -0.05) is 367 Å². The van der Waals surface area contributed by atoms with Gasteiger partial charge >= 0.3 is 11.9 Å². The van der Waals surface area contributed by atoms with E-state index >= 15 is 0 Å². The van der Waals surface area contributed by atoms with Gasteiger partial charge in [-0.25, -0.2) is 0 Å². The van der Waals surface area contributed by atoms with Crippen molar-refractivity contribution >= 4 is 17.9 Å². The molecular formula is C88H155NO8. The number of unbranched alkanes of at least 4 members (excludes halogenated alkanes) is 43. The van der Waals surface area contributed by atoms with Crippen molar-refractivity contribution in [2.75, 3.05) is 47.5 Å². The van der Waals surface area contributed by atoms with Crippen LogP contribution in [0.3, 0.4) is 0 Å². The van der Waals surface area contributed by atoms with Gasteiger partial charge in [-0.3, -0.25) is 9.59 Å². The van der Waals surface area contributed by atoms with Crippen LogP contribution in [0, 0.1) is 0 Å². The largest absolute Gasteiger partial charge is 0.545 e. The highest BCUT2D eigenvalue weighted by Crippen LogP contribution is 2.19. The van der Waals surface area contributed by atoms with E-state index in [2.05, 4.69) is 123 Å². The van der Waals surface area contributed by atoms with E-state index < -0.39 is 24.3 Å². The fourth-order valence-electron chi connectivity index (χ4n) is 11.8. The lowest BCUT2D eigenvalue weighted by Gasteiger charge is -2.26. The Kier molecular flexibility index (Phi) is 74.4. The van der Waals surface area contributed by atoms with Crippen LogP contribution in [0.4, 0.5) is 0 Å². The molecule has 560 valence electrons. The Bertz CT molecular complexity index is 1970. The second-order valence-corrected chi connectivity index (χ2v) is 28.7. The van der Waals surface area contributed by atoms with Gasteiger partial charge in [-0.05, 0) is 103 Å². The summed E-state index contributed by atoms with van der Waals surface area (Å²) in [5.41, 5.74) is 0. The number of aliphatic carboxylic acids is 1. The van der Waals surface area contributed by atoms with Crippen LogP contribution in [0.15, 0.2) is 109 Å². The molecule has 9 heteroatoms. The van der Waals surface area contributed by atoms with Gasteiger partial charge in [0.15, 0.2) is 12.4 Å². The average molecular weight is 1360 g/mol. The monoisotopic (exact) mass is 1350 g/mol. The average Bonchev–Trinajstić information content (AvgIpc) is 2.39. The number of allylic oxidation sites excluding steroid dienone is 18. The van der Waals surface area contributed by atoms with Crippen molar-refractivity contribution in [1.82, 2.24) is 0 Å². The van der Waals surface area contributed by atoms with Crippen LogP contribution in [0.1, 0.15) is 373 Å². The maximum atomic E-state index is 13.0. The highest BCUT2D eigenvalue weighted by molar-refractivity contribution is 5.70. The summed E-state index contributed by atoms with van der Waals surface area (Å²) in [6.45, 7) is 4.65. The maximum absolute atomic E-state index is 13.0. The van der Waals surface area contributed by atoms with Gasteiger partial charge < -0.3 is 33.3 Å². The topological polar surface area (TPSA) is 111 Å². The number of ether oxygens (including phenoxy) is 4. The predicted octanol–water partition coefficient (Wildman–Crippen LogP) is 25.1. The summed E-state index contributed by atoms with van der Waals surface area (Å²) in [7, 11) is 5.93. The van der Waals surface area contributed by atoms with E-state index in [0.29, 0.717) is 17.4 Å². The van der Waals surface area contributed by atoms with Crippen LogP contribution >= 0.6 is 0 Å². The molecule has 0 aliphatic rings. The quantitative estimate of drug-likeness (QED) is 0.0195. The van der Waals surface area contributed by atoms with Crippen LogP contribution in [-0.4, -0.2) is 82.3 Å². The van der Waals surface area contributed by atoms with Gasteiger partial charge in [-0.2, -0.15) is 0 Å². The Hall–Kier alpha value is -4.05. The lowest BCUT2D eigenvalue weighted by Crippen LogP contribution is -2.44. The second-order valence-electron chi connectivity index (χ2n) is 28.7. The molecule has 0 aliphatic heterocycles. The van der Waals surface area contributed by atoms with E-state index in [4.69, 9.17) is 18.9 Å². The number of rotatable bonds is 76. The Morgan fingerprint density at radius 1 is 0.320 bits per heavy atom. The first-order valence-electron chi connectivity index (χ1n) is 41.0. The number of carboxylic acids is 1. The first kappa shape index (κ1) is 93.0. The normalized spacial score (nSPS) is 13.2. The molecule has 0 radical (unpaired) electrons. The molecule has 0 fully saturated rings. The predicted molar refractivity (Wildman–Crippen MR) is 417 cm³/mol. The molecule has 0 aromatic carbocycles. The fourth-order valence-corrected chi connectivity index (χ4v) is 11.8. The Labute approximate surface area is 600 Å². The molecule has 0 saturated heterocycles. The number of quaternary nitrogens is 1. The van der Waals surface area contributed by atoms with Crippen molar-refractivity contribution in [3.05, 3.63) is 109 Å². The van der Waals surface area contributed by atoms with Gasteiger partial charge in [0.2, 0.25) is 0 Å². The number of hydrogen-bond acceptors (Lipinski definition) is 8. The van der Waals surface area contributed by atoms with E-state index in [1.54, 1.807) is 0 Å². The summed E-state index contributed by atoms with van der Waals surface area (Å²) < 4.78 is 22.8. The van der Waals surface area contributed by atoms with Gasteiger partial charge in [0, 0.05) is 12.8 Å². The Morgan fingerprint density at radius 2 is 0.588 bits per heavy atom. The maximum Gasteiger partial charge on any atom is 0.306 e. The molecule has 0 aromatic heterocycles. The SMILES string of the molecule is CC/C=C\C/C=C\C/C=C\C/C=C\C/C=C\C/C=C\C/C=C\C/C=C\CCCCCCCCC(=O)OC(COC(=O)CCCCCCCCCCCCCCCCCCCCCCCCCCCCCCC/C=C\CCCCCCCCCC)COC(OCC[N+](C)(C)C)C(=O)[O-]. The third-order valence-electron chi connectivity index (χ3n) is 18.0. The number of carbonyl (C=O) groups excluding carboxylic acids is 3. The summed E-state index contributed by atoms with van der Waals surface area (Å²) in [6.07, 6.45) is 107. The van der Waals surface area contributed by atoms with E-state index in [-0.39, 0.29) is 38.6 Å². The first-order valence-corrected chi connectivity index (χ1v) is 41.0. The molecule has 0 aliphatic carbocycles. The highest BCUT2D eigenvalue weighted by atomic mass is 16.7. The highest BCUT2D eigenvalue weighted by Gasteiger charge is 2.22. The minimum absolute atomic E-state index is 0.141. The molecule has 9 nitrogen and oxygen atoms in total. The van der Waals surface area contributed by atoms with Gasteiger partial charge in [0.1, 0.15) is 13.2 Å². The zero-order valence-corrected chi connectivity index (χ0v) is 64.2. The zero-order chi connectivity index (χ0) is 70.4. The minimum atomic E-state index is -1.63. The summed E-state index contributed by atoms with van der Waals surface area (Å²) >= 11 is 0. The van der Waals surface area contributed by atoms with Crippen molar-refractivity contribution in [3.63, 3.8) is 0 Å².